The molecule has 28 heavy (non-hydrogen) atoms. The standard InChI is InChI=1S/C20H20Cl2N4O2/c21-16-3-2-15(18(22)12-16)13-24-8-10-25(11-9-24)20(27)19-5-4-17(28-19)14-26-7-1-6-23-26/h1-7,12H,8-11,13-14H2. The van der Waals surface area contributed by atoms with Gasteiger partial charge in [0.1, 0.15) is 5.76 Å². The molecule has 3 heterocycles. The van der Waals surface area contributed by atoms with Gasteiger partial charge in [0.25, 0.3) is 5.91 Å². The Balaban J connectivity index is 1.32. The summed E-state index contributed by atoms with van der Waals surface area (Å²) in [5.41, 5.74) is 1.04. The summed E-state index contributed by atoms with van der Waals surface area (Å²) in [6.45, 7) is 4.12. The second-order valence-electron chi connectivity index (χ2n) is 6.77. The molecule has 3 aromatic rings. The van der Waals surface area contributed by atoms with Crippen molar-refractivity contribution < 1.29 is 9.21 Å². The molecule has 2 aromatic heterocycles. The Kier molecular flexibility index (Phi) is 5.71. The number of carbonyl (C=O) groups is 1. The van der Waals surface area contributed by atoms with Gasteiger partial charge in [-0.1, -0.05) is 29.3 Å². The van der Waals surface area contributed by atoms with Gasteiger partial charge in [0.05, 0.1) is 6.54 Å². The predicted molar refractivity (Wildman–Crippen MR) is 108 cm³/mol. The molecule has 4 rings (SSSR count). The van der Waals surface area contributed by atoms with Crippen LogP contribution in [0.2, 0.25) is 10.0 Å². The monoisotopic (exact) mass is 418 g/mol. The molecule has 1 amide bonds. The van der Waals surface area contributed by atoms with Crippen molar-refractivity contribution in [2.24, 2.45) is 0 Å². The first kappa shape index (κ1) is 19.1. The molecule has 1 aliphatic rings. The number of benzene rings is 1. The second-order valence-corrected chi connectivity index (χ2v) is 7.62. The fourth-order valence-electron chi connectivity index (χ4n) is 3.29. The highest BCUT2D eigenvalue weighted by Crippen LogP contribution is 2.23. The minimum atomic E-state index is -0.0732. The van der Waals surface area contributed by atoms with Gasteiger partial charge >= 0.3 is 0 Å². The lowest BCUT2D eigenvalue weighted by Crippen LogP contribution is -2.48. The smallest absolute Gasteiger partial charge is 0.289 e. The van der Waals surface area contributed by atoms with E-state index in [1.165, 1.54) is 0 Å². The second kappa shape index (κ2) is 8.39. The number of piperazine rings is 1. The Morgan fingerprint density at radius 2 is 1.89 bits per heavy atom. The number of aromatic nitrogens is 2. The van der Waals surface area contributed by atoms with Crippen LogP contribution in [0.5, 0.6) is 0 Å². The summed E-state index contributed by atoms with van der Waals surface area (Å²) in [5.74, 6) is 1.01. The molecule has 0 bridgehead atoms. The van der Waals surface area contributed by atoms with Gasteiger partial charge in [0, 0.05) is 55.2 Å². The van der Waals surface area contributed by atoms with Crippen molar-refractivity contribution in [3.63, 3.8) is 0 Å². The van der Waals surface area contributed by atoms with Crippen molar-refractivity contribution >= 4 is 29.1 Å². The third kappa shape index (κ3) is 4.41. The van der Waals surface area contributed by atoms with E-state index in [4.69, 9.17) is 27.6 Å². The lowest BCUT2D eigenvalue weighted by Gasteiger charge is -2.34. The number of furan rings is 1. The predicted octanol–water partition coefficient (Wildman–Crippen LogP) is 3.79. The van der Waals surface area contributed by atoms with E-state index in [0.29, 0.717) is 41.2 Å². The van der Waals surface area contributed by atoms with E-state index in [0.717, 1.165) is 25.2 Å². The summed E-state index contributed by atoms with van der Waals surface area (Å²) < 4.78 is 7.48. The number of rotatable bonds is 5. The average Bonchev–Trinajstić information content (AvgIpc) is 3.37. The SMILES string of the molecule is O=C(c1ccc(Cn2cccn2)o1)N1CCN(Cc2ccc(Cl)cc2Cl)CC1. The molecule has 0 atom stereocenters. The highest BCUT2D eigenvalue weighted by Gasteiger charge is 2.24. The van der Waals surface area contributed by atoms with Crippen LogP contribution in [0.1, 0.15) is 21.9 Å². The van der Waals surface area contributed by atoms with Crippen LogP contribution in [0.4, 0.5) is 0 Å². The molecule has 1 aromatic carbocycles. The number of carbonyl (C=O) groups excluding carboxylic acids is 1. The molecular formula is C20H20Cl2N4O2. The van der Waals surface area contributed by atoms with Gasteiger partial charge in [0.2, 0.25) is 0 Å². The Bertz CT molecular complexity index is 947. The van der Waals surface area contributed by atoms with E-state index in [1.807, 2.05) is 35.4 Å². The van der Waals surface area contributed by atoms with E-state index < -0.39 is 0 Å². The van der Waals surface area contributed by atoms with Gasteiger partial charge in [-0.3, -0.25) is 14.4 Å². The van der Waals surface area contributed by atoms with Crippen LogP contribution >= 0.6 is 23.2 Å². The van der Waals surface area contributed by atoms with Crippen molar-refractivity contribution in [3.8, 4) is 0 Å². The molecule has 146 valence electrons. The van der Waals surface area contributed by atoms with Crippen molar-refractivity contribution in [2.75, 3.05) is 26.2 Å². The van der Waals surface area contributed by atoms with Crippen LogP contribution in [0.25, 0.3) is 0 Å². The fraction of sp³-hybridized carbons (Fsp3) is 0.300. The van der Waals surface area contributed by atoms with Crippen molar-refractivity contribution in [3.05, 3.63) is 75.9 Å². The first-order valence-electron chi connectivity index (χ1n) is 9.10. The van der Waals surface area contributed by atoms with Crippen LogP contribution in [-0.4, -0.2) is 51.7 Å². The van der Waals surface area contributed by atoms with Crippen LogP contribution in [-0.2, 0) is 13.1 Å². The maximum Gasteiger partial charge on any atom is 0.289 e. The lowest BCUT2D eigenvalue weighted by atomic mass is 10.2. The normalized spacial score (nSPS) is 15.1. The minimum absolute atomic E-state index is 0.0732. The first-order chi connectivity index (χ1) is 13.6. The van der Waals surface area contributed by atoms with Crippen molar-refractivity contribution in [1.82, 2.24) is 19.6 Å². The van der Waals surface area contributed by atoms with E-state index in [2.05, 4.69) is 10.00 Å². The van der Waals surface area contributed by atoms with Crippen LogP contribution in [0.15, 0.2) is 53.2 Å². The summed E-state index contributed by atoms with van der Waals surface area (Å²) in [5, 5.41) is 5.45. The fourth-order valence-corrected chi connectivity index (χ4v) is 3.76. The van der Waals surface area contributed by atoms with Crippen LogP contribution < -0.4 is 0 Å². The Morgan fingerprint density at radius 3 is 2.61 bits per heavy atom. The molecule has 0 radical (unpaired) electrons. The quantitative estimate of drug-likeness (QED) is 0.632. The van der Waals surface area contributed by atoms with E-state index in [-0.39, 0.29) is 5.91 Å². The summed E-state index contributed by atoms with van der Waals surface area (Å²) in [4.78, 5) is 16.8. The van der Waals surface area contributed by atoms with Crippen LogP contribution in [0, 0.1) is 0 Å². The third-order valence-electron chi connectivity index (χ3n) is 4.82. The summed E-state index contributed by atoms with van der Waals surface area (Å²) in [7, 11) is 0. The number of amides is 1. The van der Waals surface area contributed by atoms with Crippen molar-refractivity contribution in [1.29, 1.82) is 0 Å². The molecule has 0 spiro atoms. The topological polar surface area (TPSA) is 54.5 Å². The molecule has 1 saturated heterocycles. The van der Waals surface area contributed by atoms with Gasteiger partial charge in [-0.15, -0.1) is 0 Å². The summed E-state index contributed by atoms with van der Waals surface area (Å²) in [6.07, 6.45) is 3.57. The molecule has 0 N–H and O–H groups in total. The Hall–Kier alpha value is -2.28. The zero-order valence-corrected chi connectivity index (χ0v) is 16.7. The molecule has 8 heteroatoms. The van der Waals surface area contributed by atoms with Gasteiger partial charge in [-0.05, 0) is 35.9 Å². The van der Waals surface area contributed by atoms with E-state index in [9.17, 15) is 4.79 Å². The Labute approximate surface area is 173 Å². The molecule has 6 nitrogen and oxygen atoms in total. The molecular weight excluding hydrogens is 399 g/mol. The van der Waals surface area contributed by atoms with Gasteiger partial charge < -0.3 is 9.32 Å². The highest BCUT2D eigenvalue weighted by atomic mass is 35.5. The third-order valence-corrected chi connectivity index (χ3v) is 5.40. The largest absolute Gasteiger partial charge is 0.454 e. The molecule has 0 saturated carbocycles. The lowest BCUT2D eigenvalue weighted by molar-refractivity contribution is 0.0596. The van der Waals surface area contributed by atoms with Gasteiger partial charge in [-0.2, -0.15) is 5.10 Å². The molecule has 0 aliphatic carbocycles. The van der Waals surface area contributed by atoms with Crippen LogP contribution in [0.3, 0.4) is 0 Å². The van der Waals surface area contributed by atoms with Gasteiger partial charge in [-0.25, -0.2) is 0 Å². The Morgan fingerprint density at radius 1 is 1.07 bits per heavy atom. The maximum absolute atomic E-state index is 12.7. The summed E-state index contributed by atoms with van der Waals surface area (Å²) in [6, 6.07) is 11.0. The average molecular weight is 419 g/mol. The van der Waals surface area contributed by atoms with E-state index >= 15 is 0 Å². The zero-order valence-electron chi connectivity index (χ0n) is 15.2. The maximum atomic E-state index is 12.7. The molecule has 1 fully saturated rings. The highest BCUT2D eigenvalue weighted by molar-refractivity contribution is 6.35. The first-order valence-corrected chi connectivity index (χ1v) is 9.86. The number of hydrogen-bond acceptors (Lipinski definition) is 4. The van der Waals surface area contributed by atoms with Crippen molar-refractivity contribution in [2.45, 2.75) is 13.1 Å². The number of nitrogens with zero attached hydrogens (tertiary/aromatic N) is 4. The van der Waals surface area contributed by atoms with E-state index in [1.54, 1.807) is 23.0 Å². The minimum Gasteiger partial charge on any atom is -0.454 e. The van der Waals surface area contributed by atoms with Gasteiger partial charge in [0.15, 0.2) is 5.76 Å². The summed E-state index contributed by atoms with van der Waals surface area (Å²) >= 11 is 12.2. The molecule has 1 aliphatic heterocycles. The zero-order chi connectivity index (χ0) is 19.5. The number of halogens is 2. The number of hydrogen-bond donors (Lipinski definition) is 0. The molecule has 0 unspecified atom stereocenters.